The van der Waals surface area contributed by atoms with E-state index in [0.29, 0.717) is 11.6 Å². The Bertz CT molecular complexity index is 1120. The maximum absolute atomic E-state index is 14.7. The van der Waals surface area contributed by atoms with Gasteiger partial charge in [0, 0.05) is 29.9 Å². The summed E-state index contributed by atoms with van der Waals surface area (Å²) >= 11 is 17.5. The second kappa shape index (κ2) is 9.56. The molecule has 2 N–H and O–H groups in total. The van der Waals surface area contributed by atoms with Gasteiger partial charge in [-0.05, 0) is 35.9 Å². The van der Waals surface area contributed by atoms with E-state index in [9.17, 15) is 27.5 Å². The van der Waals surface area contributed by atoms with Gasteiger partial charge in [-0.15, -0.1) is 0 Å². The lowest BCUT2D eigenvalue weighted by Crippen LogP contribution is -2.29. The number of hydrogen-bond donors (Lipinski definition) is 2. The molecule has 5 nitrogen and oxygen atoms in total. The van der Waals surface area contributed by atoms with E-state index in [-0.39, 0.29) is 34.0 Å². The van der Waals surface area contributed by atoms with Crippen molar-refractivity contribution in [3.05, 3.63) is 70.5 Å². The molecule has 0 saturated heterocycles. The standard InChI is InChI=1S/C20H13Cl3F4N2O3/c21-12-8-13(24)10(11-7-16(20(25,26)27)29-17(11)18(22)23)6-14(12)32-15(19(30)31)5-9-1-3-28-4-2-9/h1-4,6-8,15,18,29H,5H2,(H,30,31). The number of alkyl halides is 5. The monoisotopic (exact) mass is 510 g/mol. The molecule has 1 atom stereocenters. The van der Waals surface area contributed by atoms with Gasteiger partial charge in [0.15, 0.2) is 6.10 Å². The predicted octanol–water partition coefficient (Wildman–Crippen LogP) is 6.44. The van der Waals surface area contributed by atoms with Gasteiger partial charge >= 0.3 is 12.1 Å². The van der Waals surface area contributed by atoms with Gasteiger partial charge in [0.25, 0.3) is 0 Å². The van der Waals surface area contributed by atoms with E-state index < -0.39 is 34.6 Å². The molecule has 0 aliphatic rings. The highest BCUT2D eigenvalue weighted by molar-refractivity contribution is 6.44. The van der Waals surface area contributed by atoms with Crippen LogP contribution in [0.1, 0.15) is 21.8 Å². The lowest BCUT2D eigenvalue weighted by atomic mass is 10.0. The Hall–Kier alpha value is -2.49. The molecule has 0 spiro atoms. The minimum absolute atomic E-state index is 0.0695. The Morgan fingerprint density at radius 2 is 1.81 bits per heavy atom. The predicted molar refractivity (Wildman–Crippen MR) is 111 cm³/mol. The van der Waals surface area contributed by atoms with E-state index in [4.69, 9.17) is 39.5 Å². The Balaban J connectivity index is 2.03. The van der Waals surface area contributed by atoms with Gasteiger partial charge in [-0.25, -0.2) is 9.18 Å². The summed E-state index contributed by atoms with van der Waals surface area (Å²) in [5.74, 6) is -2.55. The number of aromatic nitrogens is 2. The fraction of sp³-hybridized carbons (Fsp3) is 0.200. The zero-order valence-corrected chi connectivity index (χ0v) is 18.0. The second-order valence-electron chi connectivity index (χ2n) is 6.58. The summed E-state index contributed by atoms with van der Waals surface area (Å²) in [6, 6.07) is 5.63. The average molecular weight is 512 g/mol. The molecule has 2 aromatic heterocycles. The number of hydrogen-bond acceptors (Lipinski definition) is 3. The summed E-state index contributed by atoms with van der Waals surface area (Å²) in [6.45, 7) is 0. The van der Waals surface area contributed by atoms with Crippen LogP contribution in [-0.4, -0.2) is 27.1 Å². The van der Waals surface area contributed by atoms with Crippen LogP contribution in [-0.2, 0) is 17.4 Å². The van der Waals surface area contributed by atoms with Crippen molar-refractivity contribution in [3.63, 3.8) is 0 Å². The molecule has 2 heterocycles. The number of halogens is 7. The average Bonchev–Trinajstić information content (AvgIpc) is 3.16. The first-order valence-electron chi connectivity index (χ1n) is 8.83. The van der Waals surface area contributed by atoms with E-state index >= 15 is 0 Å². The molecule has 0 amide bonds. The number of pyridine rings is 1. The number of aromatic amines is 1. The number of nitrogens with zero attached hydrogens (tertiary/aromatic N) is 1. The highest BCUT2D eigenvalue weighted by Crippen LogP contribution is 2.42. The van der Waals surface area contributed by atoms with Gasteiger partial charge in [-0.3, -0.25) is 4.98 Å². The number of carbonyl (C=O) groups is 1. The SMILES string of the molecule is O=C(O)C(Cc1ccncc1)Oc1cc(-c2cc(C(F)(F)F)[nH]c2C(Cl)Cl)c(F)cc1Cl. The van der Waals surface area contributed by atoms with E-state index in [2.05, 4.69) is 4.98 Å². The van der Waals surface area contributed by atoms with Crippen molar-refractivity contribution in [1.29, 1.82) is 0 Å². The lowest BCUT2D eigenvalue weighted by Gasteiger charge is -2.17. The van der Waals surface area contributed by atoms with Gasteiger partial charge in [-0.2, -0.15) is 13.2 Å². The highest BCUT2D eigenvalue weighted by Gasteiger charge is 2.35. The summed E-state index contributed by atoms with van der Waals surface area (Å²) in [5, 5.41) is 9.25. The summed E-state index contributed by atoms with van der Waals surface area (Å²) in [5.41, 5.74) is -1.51. The van der Waals surface area contributed by atoms with Gasteiger partial charge in [0.2, 0.25) is 0 Å². The van der Waals surface area contributed by atoms with Crippen molar-refractivity contribution in [1.82, 2.24) is 9.97 Å². The van der Waals surface area contributed by atoms with Gasteiger partial charge in [-0.1, -0.05) is 34.8 Å². The van der Waals surface area contributed by atoms with Gasteiger partial charge in [0.1, 0.15) is 22.1 Å². The summed E-state index contributed by atoms with van der Waals surface area (Å²) < 4.78 is 59.6. The maximum atomic E-state index is 14.7. The van der Waals surface area contributed by atoms with Crippen LogP contribution in [0.3, 0.4) is 0 Å². The first-order chi connectivity index (χ1) is 15.0. The lowest BCUT2D eigenvalue weighted by molar-refractivity contribution is -0.145. The molecule has 0 aliphatic heterocycles. The molecule has 0 saturated carbocycles. The van der Waals surface area contributed by atoms with Crippen molar-refractivity contribution >= 4 is 40.8 Å². The summed E-state index contributed by atoms with van der Waals surface area (Å²) in [4.78, 5) is 16.1. The number of rotatable bonds is 7. The fourth-order valence-corrected chi connectivity index (χ4v) is 3.45. The molecule has 3 rings (SSSR count). The zero-order chi connectivity index (χ0) is 23.6. The van der Waals surface area contributed by atoms with Crippen LogP contribution < -0.4 is 4.74 Å². The number of carboxylic acids is 1. The Morgan fingerprint density at radius 3 is 2.38 bits per heavy atom. The van der Waals surface area contributed by atoms with Crippen LogP contribution in [0.5, 0.6) is 5.75 Å². The summed E-state index contributed by atoms with van der Waals surface area (Å²) in [7, 11) is 0. The minimum Gasteiger partial charge on any atom is -0.478 e. The Labute approximate surface area is 193 Å². The van der Waals surface area contributed by atoms with Crippen LogP contribution in [0.25, 0.3) is 11.1 Å². The third-order valence-corrected chi connectivity index (χ3v) is 5.13. The van der Waals surface area contributed by atoms with Gasteiger partial charge < -0.3 is 14.8 Å². The number of H-pyrrole nitrogens is 1. The fourth-order valence-electron chi connectivity index (χ4n) is 2.91. The zero-order valence-electron chi connectivity index (χ0n) is 15.8. The van der Waals surface area contributed by atoms with Crippen LogP contribution in [0, 0.1) is 5.82 Å². The molecule has 0 aliphatic carbocycles. The third-order valence-electron chi connectivity index (χ3n) is 4.40. The van der Waals surface area contributed by atoms with Gasteiger partial charge in [0.05, 0.1) is 10.7 Å². The number of nitrogens with one attached hydrogen (secondary N) is 1. The molecule has 12 heteroatoms. The van der Waals surface area contributed by atoms with Crippen molar-refractivity contribution in [2.24, 2.45) is 0 Å². The molecule has 170 valence electrons. The number of carboxylic acid groups (broad SMARTS) is 1. The quantitative estimate of drug-likeness (QED) is 0.283. The van der Waals surface area contributed by atoms with Crippen molar-refractivity contribution in [2.45, 2.75) is 23.5 Å². The van der Waals surface area contributed by atoms with Crippen LogP contribution in [0.2, 0.25) is 5.02 Å². The van der Waals surface area contributed by atoms with Crippen LogP contribution in [0.4, 0.5) is 17.6 Å². The van der Waals surface area contributed by atoms with Crippen LogP contribution in [0.15, 0.2) is 42.7 Å². The van der Waals surface area contributed by atoms with Crippen LogP contribution >= 0.6 is 34.8 Å². The number of ether oxygens (including phenoxy) is 1. The van der Waals surface area contributed by atoms with Crippen molar-refractivity contribution in [3.8, 4) is 16.9 Å². The first kappa shape index (κ1) is 24.2. The highest BCUT2D eigenvalue weighted by atomic mass is 35.5. The molecule has 1 unspecified atom stereocenters. The molecular formula is C20H13Cl3F4N2O3. The molecule has 3 aromatic rings. The third kappa shape index (κ3) is 5.46. The molecule has 0 radical (unpaired) electrons. The number of benzene rings is 1. The topological polar surface area (TPSA) is 75.2 Å². The van der Waals surface area contributed by atoms with Crippen molar-refractivity contribution in [2.75, 3.05) is 0 Å². The Kier molecular flexibility index (Phi) is 7.22. The normalized spacial score (nSPS) is 12.8. The van der Waals surface area contributed by atoms with E-state index in [1.54, 1.807) is 12.1 Å². The first-order valence-corrected chi connectivity index (χ1v) is 10.1. The molecule has 32 heavy (non-hydrogen) atoms. The second-order valence-corrected chi connectivity index (χ2v) is 8.08. The smallest absolute Gasteiger partial charge is 0.431 e. The molecule has 0 bridgehead atoms. The van der Waals surface area contributed by atoms with E-state index in [0.717, 1.165) is 12.1 Å². The molecular weight excluding hydrogens is 499 g/mol. The maximum Gasteiger partial charge on any atom is 0.431 e. The van der Waals surface area contributed by atoms with E-state index in [1.165, 1.54) is 12.4 Å². The van der Waals surface area contributed by atoms with Crippen molar-refractivity contribution < 1.29 is 32.2 Å². The molecule has 0 fully saturated rings. The largest absolute Gasteiger partial charge is 0.478 e. The minimum atomic E-state index is -4.77. The number of aliphatic carboxylic acids is 1. The summed E-state index contributed by atoms with van der Waals surface area (Å²) in [6.07, 6.45) is -3.31. The molecule has 1 aromatic carbocycles. The van der Waals surface area contributed by atoms with E-state index in [1.807, 2.05) is 4.98 Å². The Morgan fingerprint density at radius 1 is 1.16 bits per heavy atom.